The molecule has 0 aromatic carbocycles. The molecular weight excluding hydrogens is 152 g/mol. The van der Waals surface area contributed by atoms with Gasteiger partial charge in [-0.1, -0.05) is 18.7 Å². The van der Waals surface area contributed by atoms with Crippen LogP contribution < -0.4 is 0 Å². The molecule has 0 radical (unpaired) electrons. The van der Waals surface area contributed by atoms with E-state index in [2.05, 4.69) is 0 Å². The lowest BCUT2D eigenvalue weighted by molar-refractivity contribution is -0.113. The van der Waals surface area contributed by atoms with Gasteiger partial charge in [0.15, 0.2) is 5.12 Å². The summed E-state index contributed by atoms with van der Waals surface area (Å²) in [7, 11) is 0. The number of rotatable bonds is 3. The number of carbonyl (C=O) groups is 1. The Morgan fingerprint density at radius 2 is 2.11 bits per heavy atom. The zero-order valence-corrected chi connectivity index (χ0v) is 7.64. The molecule has 54 valence electrons. The van der Waals surface area contributed by atoms with E-state index in [9.17, 15) is 4.79 Å². The summed E-state index contributed by atoms with van der Waals surface area (Å²) in [6.45, 7) is 1.97. The summed E-state index contributed by atoms with van der Waals surface area (Å²) >= 11 is 3.04. The zero-order chi connectivity index (χ0) is 7.28. The minimum absolute atomic E-state index is 0.218. The highest BCUT2D eigenvalue weighted by molar-refractivity contribution is 8.13. The second-order valence-corrected chi connectivity index (χ2v) is 3.60. The predicted octanol–water partition coefficient (Wildman–Crippen LogP) is 1.88. The van der Waals surface area contributed by atoms with Crippen LogP contribution in [0.15, 0.2) is 0 Å². The van der Waals surface area contributed by atoms with E-state index >= 15 is 0 Å². The molecule has 0 rings (SSSR count). The average Bonchev–Trinajstić information content (AvgIpc) is 1.87. The topological polar surface area (TPSA) is 17.1 Å². The van der Waals surface area contributed by atoms with E-state index in [1.54, 1.807) is 11.8 Å². The largest absolute Gasteiger partial charge is 0.287 e. The summed E-state index contributed by atoms with van der Waals surface area (Å²) in [4.78, 5) is 10.9. The molecule has 0 saturated carbocycles. The lowest BCUT2D eigenvalue weighted by Crippen LogP contribution is -2.08. The van der Waals surface area contributed by atoms with Crippen LogP contribution in [0.3, 0.4) is 0 Å². The first-order valence-electron chi connectivity index (χ1n) is 2.79. The van der Waals surface area contributed by atoms with Crippen LogP contribution in [0.4, 0.5) is 0 Å². The third kappa shape index (κ3) is 3.87. The Bertz CT molecular complexity index is 93.1. The maximum Gasteiger partial charge on any atom is 0.192 e. The molecular formula is C6H12OS2. The maximum atomic E-state index is 10.9. The minimum atomic E-state index is 0.218. The smallest absolute Gasteiger partial charge is 0.192 e. The summed E-state index contributed by atoms with van der Waals surface area (Å²) in [6, 6.07) is 0. The Kier molecular flexibility index (Phi) is 5.39. The molecule has 0 aliphatic rings. The molecule has 0 N–H and O–H groups in total. The van der Waals surface area contributed by atoms with Crippen molar-refractivity contribution >= 4 is 28.6 Å². The first-order valence-corrected chi connectivity index (χ1v) is 5.41. The summed E-state index contributed by atoms with van der Waals surface area (Å²) in [5.74, 6) is 1.16. The van der Waals surface area contributed by atoms with Gasteiger partial charge in [0.05, 0.1) is 0 Å². The van der Waals surface area contributed by atoms with Gasteiger partial charge in [0.2, 0.25) is 0 Å². The van der Waals surface area contributed by atoms with Crippen molar-refractivity contribution in [3.63, 3.8) is 0 Å². The lowest BCUT2D eigenvalue weighted by Gasteiger charge is -2.03. The molecule has 0 aromatic heterocycles. The third-order valence-electron chi connectivity index (χ3n) is 1.02. The zero-order valence-electron chi connectivity index (χ0n) is 6.01. The van der Waals surface area contributed by atoms with Gasteiger partial charge in [0.25, 0.3) is 0 Å². The fourth-order valence-corrected chi connectivity index (χ4v) is 1.76. The van der Waals surface area contributed by atoms with Crippen LogP contribution in [-0.2, 0) is 4.79 Å². The van der Waals surface area contributed by atoms with Gasteiger partial charge in [-0.05, 0) is 12.5 Å². The van der Waals surface area contributed by atoms with Crippen LogP contribution in [-0.4, -0.2) is 23.4 Å². The molecule has 1 nitrogen and oxygen atoms in total. The molecule has 0 aromatic rings. The van der Waals surface area contributed by atoms with Crippen molar-refractivity contribution in [2.75, 3.05) is 18.3 Å². The van der Waals surface area contributed by atoms with Crippen molar-refractivity contribution in [3.05, 3.63) is 0 Å². The number of hydrogen-bond donors (Lipinski definition) is 0. The Balaban J connectivity index is 3.45. The molecule has 0 saturated heterocycles. The van der Waals surface area contributed by atoms with Crippen LogP contribution in [0.1, 0.15) is 6.92 Å². The van der Waals surface area contributed by atoms with Gasteiger partial charge in [0.1, 0.15) is 0 Å². The Labute approximate surface area is 65.0 Å². The van der Waals surface area contributed by atoms with Crippen LogP contribution in [0, 0.1) is 5.92 Å². The molecule has 0 aliphatic carbocycles. The van der Waals surface area contributed by atoms with E-state index in [0.717, 1.165) is 5.75 Å². The van der Waals surface area contributed by atoms with E-state index < -0.39 is 0 Å². The molecule has 0 bridgehead atoms. The quantitative estimate of drug-likeness (QED) is 0.634. The van der Waals surface area contributed by atoms with Crippen molar-refractivity contribution < 1.29 is 4.79 Å². The summed E-state index contributed by atoms with van der Waals surface area (Å²) in [6.07, 6.45) is 3.85. The first-order chi connectivity index (χ1) is 4.22. The molecule has 0 heterocycles. The number of hydrogen-bond acceptors (Lipinski definition) is 3. The Morgan fingerprint density at radius 1 is 1.56 bits per heavy atom. The third-order valence-corrected chi connectivity index (χ3v) is 2.66. The molecule has 1 atom stereocenters. The normalized spacial score (nSPS) is 13.2. The van der Waals surface area contributed by atoms with Gasteiger partial charge in [-0.2, -0.15) is 11.8 Å². The van der Waals surface area contributed by atoms with Gasteiger partial charge < -0.3 is 0 Å². The lowest BCUT2D eigenvalue weighted by atomic mass is 10.2. The SMILES string of the molecule is CSCC(C)C(=O)SC. The van der Waals surface area contributed by atoms with E-state index in [1.165, 1.54) is 11.8 Å². The van der Waals surface area contributed by atoms with Gasteiger partial charge in [-0.25, -0.2) is 0 Å². The number of thioether (sulfide) groups is 2. The highest BCUT2D eigenvalue weighted by Crippen LogP contribution is 2.11. The summed E-state index contributed by atoms with van der Waals surface area (Å²) < 4.78 is 0. The standard InChI is InChI=1S/C6H12OS2/c1-5(4-8-2)6(7)9-3/h5H,4H2,1-3H3. The second kappa shape index (κ2) is 5.18. The monoisotopic (exact) mass is 164 g/mol. The van der Waals surface area contributed by atoms with Crippen molar-refractivity contribution in [3.8, 4) is 0 Å². The van der Waals surface area contributed by atoms with Crippen molar-refractivity contribution in [2.45, 2.75) is 6.92 Å². The van der Waals surface area contributed by atoms with Gasteiger partial charge in [-0.15, -0.1) is 0 Å². The summed E-state index contributed by atoms with van der Waals surface area (Å²) in [5.41, 5.74) is 0. The predicted molar refractivity (Wildman–Crippen MR) is 46.1 cm³/mol. The molecule has 0 fully saturated rings. The van der Waals surface area contributed by atoms with Gasteiger partial charge >= 0.3 is 0 Å². The maximum absolute atomic E-state index is 10.9. The fourth-order valence-electron chi connectivity index (χ4n) is 0.519. The van der Waals surface area contributed by atoms with Crippen molar-refractivity contribution in [1.82, 2.24) is 0 Å². The molecule has 0 spiro atoms. The number of carbonyl (C=O) groups excluding carboxylic acids is 1. The van der Waals surface area contributed by atoms with E-state index in [4.69, 9.17) is 0 Å². The fraction of sp³-hybridized carbons (Fsp3) is 0.833. The Morgan fingerprint density at radius 3 is 2.44 bits per heavy atom. The highest BCUT2D eigenvalue weighted by atomic mass is 32.2. The highest BCUT2D eigenvalue weighted by Gasteiger charge is 2.09. The Hall–Kier alpha value is 0.370. The molecule has 9 heavy (non-hydrogen) atoms. The van der Waals surface area contributed by atoms with Crippen molar-refractivity contribution in [1.29, 1.82) is 0 Å². The van der Waals surface area contributed by atoms with E-state index in [0.29, 0.717) is 5.12 Å². The molecule has 0 amide bonds. The van der Waals surface area contributed by atoms with Crippen LogP contribution >= 0.6 is 23.5 Å². The molecule has 1 unspecified atom stereocenters. The van der Waals surface area contributed by atoms with Gasteiger partial charge in [-0.3, -0.25) is 4.79 Å². The van der Waals surface area contributed by atoms with Crippen molar-refractivity contribution in [2.24, 2.45) is 5.92 Å². The van der Waals surface area contributed by atoms with Crippen LogP contribution in [0.5, 0.6) is 0 Å². The second-order valence-electron chi connectivity index (χ2n) is 1.88. The molecule has 3 heteroatoms. The van der Waals surface area contributed by atoms with E-state index in [1.807, 2.05) is 19.4 Å². The van der Waals surface area contributed by atoms with E-state index in [-0.39, 0.29) is 5.92 Å². The first kappa shape index (κ1) is 9.37. The minimum Gasteiger partial charge on any atom is -0.287 e. The van der Waals surface area contributed by atoms with Gasteiger partial charge in [0, 0.05) is 11.7 Å². The van der Waals surface area contributed by atoms with Crippen LogP contribution in [0.2, 0.25) is 0 Å². The van der Waals surface area contributed by atoms with Crippen LogP contribution in [0.25, 0.3) is 0 Å². The summed E-state index contributed by atoms with van der Waals surface area (Å²) in [5, 5.41) is 0.296. The molecule has 0 aliphatic heterocycles. The average molecular weight is 164 g/mol.